The quantitative estimate of drug-likeness (QED) is 0.444. The molecule has 1 unspecified atom stereocenters. The first kappa shape index (κ1) is 22.1. The van der Waals surface area contributed by atoms with Gasteiger partial charge in [0.25, 0.3) is 0 Å². The molecule has 0 heterocycles. The summed E-state index contributed by atoms with van der Waals surface area (Å²) in [5, 5.41) is 10.8. The summed E-state index contributed by atoms with van der Waals surface area (Å²) in [5.74, 6) is 2.69. The van der Waals surface area contributed by atoms with E-state index in [0.717, 1.165) is 37.4 Å². The summed E-state index contributed by atoms with van der Waals surface area (Å²) in [6, 6.07) is 6.15. The van der Waals surface area contributed by atoms with Crippen molar-refractivity contribution in [2.24, 2.45) is 23.7 Å². The Morgan fingerprint density at radius 2 is 2.07 bits per heavy atom. The first-order valence-electron chi connectivity index (χ1n) is 11.5. The van der Waals surface area contributed by atoms with E-state index in [1.165, 1.54) is 50.3 Å². The molecule has 2 aliphatic rings. The third kappa shape index (κ3) is 5.53. The van der Waals surface area contributed by atoms with Gasteiger partial charge in [0, 0.05) is 0 Å². The van der Waals surface area contributed by atoms with Crippen molar-refractivity contribution in [1.29, 1.82) is 0 Å². The van der Waals surface area contributed by atoms with Gasteiger partial charge in [0.05, 0.1) is 13.2 Å². The van der Waals surface area contributed by atoms with Gasteiger partial charge in [0.15, 0.2) is 6.61 Å². The van der Waals surface area contributed by atoms with Gasteiger partial charge in [0.2, 0.25) is 0 Å². The fourth-order valence-corrected chi connectivity index (χ4v) is 5.50. The van der Waals surface area contributed by atoms with Gasteiger partial charge in [-0.2, -0.15) is 0 Å². The molecule has 4 heteroatoms. The number of hydrogen-bond donors (Lipinski definition) is 1. The van der Waals surface area contributed by atoms with Crippen LogP contribution in [0.15, 0.2) is 18.2 Å². The van der Waals surface area contributed by atoms with Gasteiger partial charge >= 0.3 is 5.97 Å². The largest absolute Gasteiger partial charge is 0.482 e. The van der Waals surface area contributed by atoms with Crippen LogP contribution in [-0.2, 0) is 22.4 Å². The van der Waals surface area contributed by atoms with Crippen molar-refractivity contribution in [3.8, 4) is 5.75 Å². The molecule has 29 heavy (non-hydrogen) atoms. The predicted octanol–water partition coefficient (Wildman–Crippen LogP) is 4.95. The van der Waals surface area contributed by atoms with Crippen LogP contribution in [0.1, 0.15) is 69.9 Å². The second kappa shape index (κ2) is 10.5. The normalized spacial score (nSPS) is 26.5. The van der Waals surface area contributed by atoms with E-state index in [0.29, 0.717) is 17.8 Å². The zero-order valence-corrected chi connectivity index (χ0v) is 18.4. The van der Waals surface area contributed by atoms with Gasteiger partial charge in [-0.15, -0.1) is 0 Å². The lowest BCUT2D eigenvalue weighted by atomic mass is 9.73. The number of ether oxygens (including phenoxy) is 2. The first-order chi connectivity index (χ1) is 14.0. The third-order valence-electron chi connectivity index (χ3n) is 7.21. The summed E-state index contributed by atoms with van der Waals surface area (Å²) < 4.78 is 10.4. The fourth-order valence-electron chi connectivity index (χ4n) is 5.50. The number of methoxy groups -OCH3 is 1. The van der Waals surface area contributed by atoms with Crippen LogP contribution in [0, 0.1) is 23.7 Å². The third-order valence-corrected chi connectivity index (χ3v) is 7.21. The Morgan fingerprint density at radius 1 is 1.24 bits per heavy atom. The first-order valence-corrected chi connectivity index (χ1v) is 11.5. The molecule has 0 spiro atoms. The smallest absolute Gasteiger partial charge is 0.343 e. The number of carbonyl (C=O) groups is 1. The predicted molar refractivity (Wildman–Crippen MR) is 115 cm³/mol. The van der Waals surface area contributed by atoms with Crippen LogP contribution in [0.2, 0.25) is 0 Å². The number of aliphatic hydroxyl groups excluding tert-OH is 1. The number of carbonyl (C=O) groups excluding carboxylic acids is 1. The van der Waals surface area contributed by atoms with E-state index in [4.69, 9.17) is 9.47 Å². The Labute approximate surface area is 176 Å². The lowest BCUT2D eigenvalue weighted by Gasteiger charge is -2.32. The van der Waals surface area contributed by atoms with Crippen LogP contribution < -0.4 is 4.74 Å². The molecule has 0 aliphatic heterocycles. The van der Waals surface area contributed by atoms with Crippen LogP contribution in [0.4, 0.5) is 0 Å². The summed E-state index contributed by atoms with van der Waals surface area (Å²) in [7, 11) is 1.38. The molecule has 0 saturated heterocycles. The second-order valence-electron chi connectivity index (χ2n) is 9.24. The van der Waals surface area contributed by atoms with Gasteiger partial charge in [-0.25, -0.2) is 4.79 Å². The minimum atomic E-state index is -0.360. The van der Waals surface area contributed by atoms with Crippen molar-refractivity contribution < 1.29 is 19.4 Å². The van der Waals surface area contributed by atoms with Gasteiger partial charge in [-0.1, -0.05) is 58.1 Å². The fraction of sp³-hybridized carbons (Fsp3) is 0.720. The van der Waals surface area contributed by atoms with Crippen LogP contribution in [0.5, 0.6) is 5.75 Å². The molecule has 0 bridgehead atoms. The Bertz CT molecular complexity index is 671. The lowest BCUT2D eigenvalue weighted by Crippen LogP contribution is -2.27. The monoisotopic (exact) mass is 402 g/mol. The second-order valence-corrected chi connectivity index (χ2v) is 9.24. The van der Waals surface area contributed by atoms with Crippen LogP contribution in [0.3, 0.4) is 0 Å². The topological polar surface area (TPSA) is 55.8 Å². The van der Waals surface area contributed by atoms with Crippen molar-refractivity contribution in [2.75, 3.05) is 13.7 Å². The average Bonchev–Trinajstić information content (AvgIpc) is 3.02. The van der Waals surface area contributed by atoms with E-state index in [9.17, 15) is 9.90 Å². The van der Waals surface area contributed by atoms with Crippen molar-refractivity contribution >= 4 is 5.97 Å². The summed E-state index contributed by atoms with van der Waals surface area (Å²) in [6.45, 7) is 4.57. The number of benzene rings is 1. The molecule has 3 rings (SSSR count). The molecule has 5 atom stereocenters. The van der Waals surface area contributed by atoms with E-state index in [2.05, 4.69) is 19.9 Å². The summed E-state index contributed by atoms with van der Waals surface area (Å²) in [4.78, 5) is 11.5. The molecule has 1 fully saturated rings. The number of aliphatic hydroxyl groups is 1. The molecule has 162 valence electrons. The van der Waals surface area contributed by atoms with Crippen molar-refractivity contribution in [1.82, 2.24) is 0 Å². The van der Waals surface area contributed by atoms with Gasteiger partial charge in [-0.3, -0.25) is 0 Å². The number of fused-ring (bicyclic) bond motifs is 2. The number of rotatable bonds is 10. The highest BCUT2D eigenvalue weighted by molar-refractivity contribution is 5.71. The molecule has 1 saturated carbocycles. The van der Waals surface area contributed by atoms with Gasteiger partial charge < -0.3 is 14.6 Å². The van der Waals surface area contributed by atoms with Crippen molar-refractivity contribution in [2.45, 2.75) is 77.7 Å². The zero-order valence-electron chi connectivity index (χ0n) is 18.4. The number of esters is 1. The van der Waals surface area contributed by atoms with E-state index < -0.39 is 0 Å². The lowest BCUT2D eigenvalue weighted by molar-refractivity contribution is -0.142. The Morgan fingerprint density at radius 3 is 2.83 bits per heavy atom. The van der Waals surface area contributed by atoms with Crippen LogP contribution in [-0.4, -0.2) is 30.9 Å². The van der Waals surface area contributed by atoms with E-state index in [-0.39, 0.29) is 18.7 Å². The minimum absolute atomic E-state index is 0.0534. The molecule has 1 aromatic carbocycles. The molecule has 1 N–H and O–H groups in total. The molecule has 2 aliphatic carbocycles. The van der Waals surface area contributed by atoms with Crippen LogP contribution in [0.25, 0.3) is 0 Å². The average molecular weight is 403 g/mol. The molecular weight excluding hydrogens is 364 g/mol. The van der Waals surface area contributed by atoms with E-state index in [1.54, 1.807) is 0 Å². The van der Waals surface area contributed by atoms with Gasteiger partial charge in [0.1, 0.15) is 5.75 Å². The Kier molecular flexibility index (Phi) is 7.99. The molecule has 4 nitrogen and oxygen atoms in total. The van der Waals surface area contributed by atoms with Crippen molar-refractivity contribution in [3.05, 3.63) is 29.3 Å². The maximum Gasteiger partial charge on any atom is 0.343 e. The standard InChI is InChI=1S/C25H38O4/c1-4-5-6-8-17(2)11-12-20-21-13-18-9-7-10-24(29-16-25(27)28-3)22(18)14-19(21)15-23(20)26/h7,9-10,17,19-21,23,26H,4-6,8,11-16H2,1-3H3/t17?,19-,20+,21-,23+/m0/s1. The Hall–Kier alpha value is -1.55. The summed E-state index contributed by atoms with van der Waals surface area (Å²) in [6.07, 6.45) is 10.3. The highest BCUT2D eigenvalue weighted by Crippen LogP contribution is 2.48. The van der Waals surface area contributed by atoms with E-state index in [1.807, 2.05) is 12.1 Å². The molecule has 0 amide bonds. The molecule has 1 aromatic rings. The minimum Gasteiger partial charge on any atom is -0.482 e. The maximum atomic E-state index is 11.5. The highest BCUT2D eigenvalue weighted by Gasteiger charge is 2.44. The molecule has 0 radical (unpaired) electrons. The summed E-state index contributed by atoms with van der Waals surface area (Å²) >= 11 is 0. The zero-order chi connectivity index (χ0) is 20.8. The van der Waals surface area contributed by atoms with Gasteiger partial charge in [-0.05, 0) is 66.5 Å². The number of unbranched alkanes of at least 4 members (excludes halogenated alkanes) is 2. The highest BCUT2D eigenvalue weighted by atomic mass is 16.6. The molecule has 0 aromatic heterocycles. The Balaban J connectivity index is 1.62. The summed E-state index contributed by atoms with van der Waals surface area (Å²) in [5.41, 5.74) is 2.54. The maximum absolute atomic E-state index is 11.5. The van der Waals surface area contributed by atoms with Crippen LogP contribution >= 0.6 is 0 Å². The SMILES string of the molecule is CCCCCC(C)CC[C@@H]1[C@H]2Cc3cccc(OCC(=O)OC)c3C[C@H]2C[C@H]1O. The van der Waals surface area contributed by atoms with E-state index >= 15 is 0 Å². The van der Waals surface area contributed by atoms with Crippen molar-refractivity contribution in [3.63, 3.8) is 0 Å². The molecular formula is C25H38O4. The number of hydrogen-bond acceptors (Lipinski definition) is 4.